The summed E-state index contributed by atoms with van der Waals surface area (Å²) in [6.45, 7) is 15.0. The molecule has 0 fully saturated rings. The Balaban J connectivity index is 3.01. The normalized spacial score (nSPS) is 13.5. The SMILES string of the molecule is CCOC(=O)CC(O[Si](C)(C)C)c1cccc(O[Si](C)(C)C)c1. The maximum Gasteiger partial charge on any atom is 0.308 e. The number of esters is 1. The number of rotatable bonds is 8. The summed E-state index contributed by atoms with van der Waals surface area (Å²) >= 11 is 0. The molecule has 0 amide bonds. The highest BCUT2D eigenvalue weighted by atomic mass is 28.4. The fourth-order valence-corrected chi connectivity index (χ4v) is 4.06. The first-order valence-electron chi connectivity index (χ1n) is 8.12. The first kappa shape index (κ1) is 19.9. The van der Waals surface area contributed by atoms with E-state index in [1.165, 1.54) is 0 Å². The molecule has 1 aromatic rings. The minimum Gasteiger partial charge on any atom is -0.544 e. The van der Waals surface area contributed by atoms with Crippen LogP contribution in [-0.4, -0.2) is 29.2 Å². The summed E-state index contributed by atoms with van der Waals surface area (Å²) < 4.78 is 17.4. The minimum absolute atomic E-state index is 0.229. The molecule has 0 spiro atoms. The average Bonchev–Trinajstić information content (AvgIpc) is 2.35. The molecule has 0 radical (unpaired) electrons. The first-order chi connectivity index (χ1) is 10.5. The fraction of sp³-hybridized carbons (Fsp3) is 0.588. The van der Waals surface area contributed by atoms with E-state index in [1.807, 2.05) is 31.2 Å². The highest BCUT2D eigenvalue weighted by Gasteiger charge is 2.26. The van der Waals surface area contributed by atoms with E-state index in [9.17, 15) is 4.79 Å². The Morgan fingerprint density at radius 3 is 2.26 bits per heavy atom. The molecule has 130 valence electrons. The maximum atomic E-state index is 11.9. The van der Waals surface area contributed by atoms with E-state index in [2.05, 4.69) is 39.3 Å². The Labute approximate surface area is 142 Å². The maximum absolute atomic E-state index is 11.9. The van der Waals surface area contributed by atoms with Crippen molar-refractivity contribution < 1.29 is 18.4 Å². The van der Waals surface area contributed by atoms with Gasteiger partial charge in [0.05, 0.1) is 19.1 Å². The molecule has 0 bridgehead atoms. The van der Waals surface area contributed by atoms with Gasteiger partial charge in [0.15, 0.2) is 8.32 Å². The van der Waals surface area contributed by atoms with Crippen molar-refractivity contribution in [2.24, 2.45) is 0 Å². The van der Waals surface area contributed by atoms with Gasteiger partial charge in [-0.1, -0.05) is 12.1 Å². The number of benzene rings is 1. The third-order valence-electron chi connectivity index (χ3n) is 2.81. The van der Waals surface area contributed by atoms with Crippen molar-refractivity contribution in [1.29, 1.82) is 0 Å². The average molecular weight is 355 g/mol. The van der Waals surface area contributed by atoms with E-state index < -0.39 is 16.6 Å². The van der Waals surface area contributed by atoms with E-state index in [4.69, 9.17) is 13.6 Å². The molecule has 0 aliphatic rings. The van der Waals surface area contributed by atoms with Gasteiger partial charge in [-0.25, -0.2) is 0 Å². The monoisotopic (exact) mass is 354 g/mol. The second-order valence-corrected chi connectivity index (χ2v) is 16.4. The van der Waals surface area contributed by atoms with Gasteiger partial charge in [0.1, 0.15) is 5.75 Å². The number of hydrogen-bond acceptors (Lipinski definition) is 4. The molecule has 1 aromatic carbocycles. The summed E-state index contributed by atoms with van der Waals surface area (Å²) in [4.78, 5) is 11.9. The Hall–Kier alpha value is -1.12. The molecule has 4 nitrogen and oxygen atoms in total. The van der Waals surface area contributed by atoms with Gasteiger partial charge in [-0.2, -0.15) is 0 Å². The predicted octanol–water partition coefficient (Wildman–Crippen LogP) is 4.75. The molecule has 1 rings (SSSR count). The van der Waals surface area contributed by atoms with Crippen LogP contribution in [0.25, 0.3) is 0 Å². The van der Waals surface area contributed by atoms with E-state index in [1.54, 1.807) is 0 Å². The summed E-state index contributed by atoms with van der Waals surface area (Å²) in [7, 11) is -3.47. The van der Waals surface area contributed by atoms with Gasteiger partial charge in [-0.15, -0.1) is 0 Å². The lowest BCUT2D eigenvalue weighted by Crippen LogP contribution is -2.30. The van der Waals surface area contributed by atoms with Crippen LogP contribution in [0.2, 0.25) is 39.3 Å². The van der Waals surface area contributed by atoms with Crippen LogP contribution >= 0.6 is 0 Å². The van der Waals surface area contributed by atoms with E-state index in [0.29, 0.717) is 6.61 Å². The highest BCUT2D eigenvalue weighted by molar-refractivity contribution is 6.70. The molecule has 1 unspecified atom stereocenters. The molecule has 0 saturated heterocycles. The Kier molecular flexibility index (Phi) is 7.04. The lowest BCUT2D eigenvalue weighted by molar-refractivity contribution is -0.145. The van der Waals surface area contributed by atoms with Crippen LogP contribution in [0.15, 0.2) is 24.3 Å². The topological polar surface area (TPSA) is 44.8 Å². The highest BCUT2D eigenvalue weighted by Crippen LogP contribution is 2.29. The summed E-state index contributed by atoms with van der Waals surface area (Å²) in [5.41, 5.74) is 0.969. The van der Waals surface area contributed by atoms with Crippen molar-refractivity contribution in [2.45, 2.75) is 58.7 Å². The number of carbonyl (C=O) groups excluding carboxylic acids is 1. The molecule has 0 heterocycles. The summed E-state index contributed by atoms with van der Waals surface area (Å²) in [6.07, 6.45) is -0.0555. The molecule has 0 saturated carbocycles. The van der Waals surface area contributed by atoms with Crippen LogP contribution in [0.4, 0.5) is 0 Å². The molecule has 23 heavy (non-hydrogen) atoms. The standard InChI is InChI=1S/C17H30O4Si2/c1-8-19-17(18)13-16(21-23(5,6)7)14-10-9-11-15(12-14)20-22(2,3)4/h9-12,16H,8,13H2,1-7H3. The van der Waals surface area contributed by atoms with Crippen LogP contribution in [-0.2, 0) is 14.0 Å². The lowest BCUT2D eigenvalue weighted by Gasteiger charge is -2.27. The molecule has 6 heteroatoms. The summed E-state index contributed by atoms with van der Waals surface area (Å²) in [6, 6.07) is 7.89. The number of carbonyl (C=O) groups is 1. The molecule has 1 atom stereocenters. The van der Waals surface area contributed by atoms with Gasteiger partial charge in [-0.05, 0) is 63.9 Å². The first-order valence-corrected chi connectivity index (χ1v) is 14.9. The molecule has 0 aromatic heterocycles. The van der Waals surface area contributed by atoms with Gasteiger partial charge in [0.25, 0.3) is 0 Å². The smallest absolute Gasteiger partial charge is 0.308 e. The van der Waals surface area contributed by atoms with Crippen molar-refractivity contribution in [3.05, 3.63) is 29.8 Å². The van der Waals surface area contributed by atoms with Crippen molar-refractivity contribution in [2.75, 3.05) is 6.61 Å². The zero-order valence-electron chi connectivity index (χ0n) is 15.4. The molecule has 0 N–H and O–H groups in total. The van der Waals surface area contributed by atoms with E-state index in [0.717, 1.165) is 11.3 Å². The summed E-state index contributed by atoms with van der Waals surface area (Å²) in [5, 5.41) is 0. The van der Waals surface area contributed by atoms with E-state index in [-0.39, 0.29) is 18.5 Å². The predicted molar refractivity (Wildman–Crippen MR) is 98.8 cm³/mol. The van der Waals surface area contributed by atoms with Crippen LogP contribution < -0.4 is 4.43 Å². The second-order valence-electron chi connectivity index (χ2n) is 7.51. The fourth-order valence-electron chi connectivity index (χ4n) is 2.16. The lowest BCUT2D eigenvalue weighted by atomic mass is 10.1. The van der Waals surface area contributed by atoms with Crippen molar-refractivity contribution in [1.82, 2.24) is 0 Å². The Morgan fingerprint density at radius 2 is 1.74 bits per heavy atom. The van der Waals surface area contributed by atoms with Crippen LogP contribution in [0.5, 0.6) is 5.75 Å². The van der Waals surface area contributed by atoms with Crippen LogP contribution in [0, 0.1) is 0 Å². The van der Waals surface area contributed by atoms with Crippen LogP contribution in [0.1, 0.15) is 25.0 Å². The zero-order valence-corrected chi connectivity index (χ0v) is 17.4. The Morgan fingerprint density at radius 1 is 1.09 bits per heavy atom. The zero-order chi connectivity index (χ0) is 17.7. The summed E-state index contributed by atoms with van der Waals surface area (Å²) in [5.74, 6) is 0.613. The van der Waals surface area contributed by atoms with Crippen LogP contribution in [0.3, 0.4) is 0 Å². The third kappa shape index (κ3) is 8.34. The van der Waals surface area contributed by atoms with Gasteiger partial charge >= 0.3 is 5.97 Å². The van der Waals surface area contributed by atoms with Gasteiger partial charge < -0.3 is 13.6 Å². The second kappa shape index (κ2) is 8.12. The molecule has 0 aliphatic carbocycles. The number of ether oxygens (including phenoxy) is 1. The van der Waals surface area contributed by atoms with Crippen molar-refractivity contribution in [3.8, 4) is 5.75 Å². The molecular weight excluding hydrogens is 324 g/mol. The third-order valence-corrected chi connectivity index (χ3v) is 4.65. The van der Waals surface area contributed by atoms with Gasteiger partial charge in [0, 0.05) is 0 Å². The van der Waals surface area contributed by atoms with E-state index >= 15 is 0 Å². The molecular formula is C17H30O4Si2. The molecule has 0 aliphatic heterocycles. The Bertz CT molecular complexity index is 518. The quantitative estimate of drug-likeness (QED) is 0.499. The van der Waals surface area contributed by atoms with Gasteiger partial charge in [0.2, 0.25) is 8.32 Å². The van der Waals surface area contributed by atoms with Gasteiger partial charge in [-0.3, -0.25) is 4.79 Å². The van der Waals surface area contributed by atoms with Crippen molar-refractivity contribution >= 4 is 22.6 Å². The van der Waals surface area contributed by atoms with Crippen molar-refractivity contribution in [3.63, 3.8) is 0 Å². The number of hydrogen-bond donors (Lipinski definition) is 0. The minimum atomic E-state index is -1.80. The largest absolute Gasteiger partial charge is 0.544 e.